The standard InChI is InChI=1S/C24H36N8O5/c1-13(2)20(25)22(35)30-12-19(33)31-17(8-5-9-28-24(26)27)21(34)32-18(23(36)37)10-14-11-29-16-7-4-3-6-15(14)16/h3-4,6-7,11,13,17-18,20,29H,5,8-10,12,25H2,1-2H3,(H,30,35)(H,31,33)(H,32,34)(H,36,37)(H4,26,27,28). The number of nitrogens with two attached hydrogens (primary N) is 3. The van der Waals surface area contributed by atoms with Gasteiger partial charge in [-0.25, -0.2) is 4.79 Å². The summed E-state index contributed by atoms with van der Waals surface area (Å²) in [5.41, 5.74) is 18.0. The van der Waals surface area contributed by atoms with E-state index in [1.807, 2.05) is 24.3 Å². The van der Waals surface area contributed by atoms with E-state index in [0.717, 1.165) is 16.5 Å². The van der Waals surface area contributed by atoms with E-state index in [-0.39, 0.29) is 31.3 Å². The van der Waals surface area contributed by atoms with Crippen molar-refractivity contribution in [1.29, 1.82) is 0 Å². The van der Waals surface area contributed by atoms with Crippen LogP contribution in [-0.2, 0) is 25.6 Å². The Bertz CT molecular complexity index is 1130. The van der Waals surface area contributed by atoms with Gasteiger partial charge in [-0.2, -0.15) is 0 Å². The summed E-state index contributed by atoms with van der Waals surface area (Å²) in [7, 11) is 0. The summed E-state index contributed by atoms with van der Waals surface area (Å²) in [6.07, 6.45) is 2.20. The summed E-state index contributed by atoms with van der Waals surface area (Å²) in [5, 5.41) is 18.1. The third-order valence-corrected chi connectivity index (χ3v) is 5.75. The molecule has 3 unspecified atom stereocenters. The molecule has 0 aliphatic heterocycles. The number of H-pyrrole nitrogens is 1. The van der Waals surface area contributed by atoms with Crippen molar-refractivity contribution >= 4 is 40.6 Å². The number of hydrogen-bond acceptors (Lipinski definition) is 6. The maximum Gasteiger partial charge on any atom is 0.326 e. The molecule has 11 N–H and O–H groups in total. The molecule has 0 spiro atoms. The molecule has 2 rings (SSSR count). The van der Waals surface area contributed by atoms with E-state index < -0.39 is 48.4 Å². The van der Waals surface area contributed by atoms with Crippen molar-refractivity contribution < 1.29 is 24.3 Å². The van der Waals surface area contributed by atoms with Gasteiger partial charge >= 0.3 is 5.97 Å². The van der Waals surface area contributed by atoms with Crippen LogP contribution in [0.3, 0.4) is 0 Å². The van der Waals surface area contributed by atoms with E-state index in [0.29, 0.717) is 6.42 Å². The average Bonchev–Trinajstić information content (AvgIpc) is 3.25. The number of carbonyl (C=O) groups is 4. The molecule has 0 fully saturated rings. The number of aliphatic imine (C=N–C) groups is 1. The van der Waals surface area contributed by atoms with Crippen molar-refractivity contribution in [3.63, 3.8) is 0 Å². The van der Waals surface area contributed by atoms with Gasteiger partial charge in [0.2, 0.25) is 17.7 Å². The third kappa shape index (κ3) is 9.11. The van der Waals surface area contributed by atoms with Crippen molar-refractivity contribution in [2.24, 2.45) is 28.1 Å². The Labute approximate surface area is 214 Å². The summed E-state index contributed by atoms with van der Waals surface area (Å²) >= 11 is 0. The monoisotopic (exact) mass is 516 g/mol. The van der Waals surface area contributed by atoms with Gasteiger partial charge in [-0.3, -0.25) is 19.4 Å². The summed E-state index contributed by atoms with van der Waals surface area (Å²) in [4.78, 5) is 56.5. The number of fused-ring (bicyclic) bond motifs is 1. The topological polar surface area (TPSA) is 231 Å². The normalized spacial score (nSPS) is 13.4. The van der Waals surface area contributed by atoms with Crippen LogP contribution in [0.4, 0.5) is 0 Å². The molecule has 1 heterocycles. The molecule has 0 aliphatic rings. The summed E-state index contributed by atoms with van der Waals surface area (Å²) < 4.78 is 0. The highest BCUT2D eigenvalue weighted by molar-refractivity contribution is 5.93. The van der Waals surface area contributed by atoms with E-state index in [4.69, 9.17) is 17.2 Å². The largest absolute Gasteiger partial charge is 0.480 e. The fourth-order valence-corrected chi connectivity index (χ4v) is 3.60. The van der Waals surface area contributed by atoms with E-state index >= 15 is 0 Å². The maximum atomic E-state index is 13.1. The van der Waals surface area contributed by atoms with E-state index in [1.54, 1.807) is 20.0 Å². The van der Waals surface area contributed by atoms with Crippen molar-refractivity contribution in [3.8, 4) is 0 Å². The van der Waals surface area contributed by atoms with Gasteiger partial charge in [-0.15, -0.1) is 0 Å². The van der Waals surface area contributed by atoms with Crippen molar-refractivity contribution in [1.82, 2.24) is 20.9 Å². The number of hydrogen-bond donors (Lipinski definition) is 8. The lowest BCUT2D eigenvalue weighted by Gasteiger charge is -2.22. The molecule has 0 bridgehead atoms. The smallest absolute Gasteiger partial charge is 0.326 e. The van der Waals surface area contributed by atoms with Crippen LogP contribution in [-0.4, -0.2) is 71.0 Å². The van der Waals surface area contributed by atoms with Crippen molar-refractivity contribution in [2.45, 2.75) is 51.2 Å². The minimum Gasteiger partial charge on any atom is -0.480 e. The van der Waals surface area contributed by atoms with E-state index in [9.17, 15) is 24.3 Å². The predicted octanol–water partition coefficient (Wildman–Crippen LogP) is -1.08. The summed E-state index contributed by atoms with van der Waals surface area (Å²) in [6.45, 7) is 3.36. The maximum absolute atomic E-state index is 13.1. The molecular formula is C24H36N8O5. The van der Waals surface area contributed by atoms with Crippen LogP contribution in [0, 0.1) is 5.92 Å². The van der Waals surface area contributed by atoms with Gasteiger partial charge in [-0.1, -0.05) is 32.0 Å². The average molecular weight is 517 g/mol. The van der Waals surface area contributed by atoms with Gasteiger partial charge < -0.3 is 43.2 Å². The van der Waals surface area contributed by atoms with Crippen LogP contribution in [0.15, 0.2) is 35.5 Å². The SMILES string of the molecule is CC(C)C(N)C(=O)NCC(=O)NC(CCCN=C(N)N)C(=O)NC(Cc1c[nH]c2ccccc12)C(=O)O. The molecule has 0 aliphatic carbocycles. The molecule has 202 valence electrons. The molecule has 0 radical (unpaired) electrons. The zero-order valence-corrected chi connectivity index (χ0v) is 21.0. The highest BCUT2D eigenvalue weighted by atomic mass is 16.4. The van der Waals surface area contributed by atoms with E-state index in [2.05, 4.69) is 25.9 Å². The zero-order chi connectivity index (χ0) is 27.5. The second-order valence-corrected chi connectivity index (χ2v) is 9.02. The van der Waals surface area contributed by atoms with Crippen LogP contribution in [0.5, 0.6) is 0 Å². The molecule has 3 amide bonds. The number of carboxylic acid groups (broad SMARTS) is 1. The number of aliphatic carboxylic acids is 1. The minimum atomic E-state index is -1.24. The molecule has 13 heteroatoms. The zero-order valence-electron chi connectivity index (χ0n) is 21.0. The molecular weight excluding hydrogens is 480 g/mol. The summed E-state index contributed by atoms with van der Waals surface area (Å²) in [6, 6.07) is 4.30. The number of aromatic nitrogens is 1. The molecule has 0 saturated carbocycles. The van der Waals surface area contributed by atoms with Crippen LogP contribution in [0.25, 0.3) is 10.9 Å². The minimum absolute atomic E-state index is 0.0307. The lowest BCUT2D eigenvalue weighted by atomic mass is 10.0. The number of benzene rings is 1. The molecule has 1 aromatic heterocycles. The van der Waals surface area contributed by atoms with Crippen molar-refractivity contribution in [2.75, 3.05) is 13.1 Å². The van der Waals surface area contributed by atoms with E-state index in [1.165, 1.54) is 0 Å². The van der Waals surface area contributed by atoms with Crippen LogP contribution in [0.1, 0.15) is 32.3 Å². The Hall–Kier alpha value is -4.13. The molecule has 0 saturated heterocycles. The number of rotatable bonds is 14. The quantitative estimate of drug-likeness (QED) is 0.0871. The van der Waals surface area contributed by atoms with Gasteiger partial charge in [0, 0.05) is 30.1 Å². The Balaban J connectivity index is 2.08. The van der Waals surface area contributed by atoms with Crippen LogP contribution in [0.2, 0.25) is 0 Å². The second kappa shape index (κ2) is 13.8. The first kappa shape index (κ1) is 29.1. The number of nitrogens with one attached hydrogen (secondary N) is 4. The first-order chi connectivity index (χ1) is 17.5. The predicted molar refractivity (Wildman–Crippen MR) is 139 cm³/mol. The van der Waals surface area contributed by atoms with Gasteiger partial charge in [0.05, 0.1) is 12.6 Å². The molecule has 37 heavy (non-hydrogen) atoms. The highest BCUT2D eigenvalue weighted by Gasteiger charge is 2.27. The molecule has 3 atom stereocenters. The second-order valence-electron chi connectivity index (χ2n) is 9.02. The number of nitrogens with zero attached hydrogens (tertiary/aromatic N) is 1. The van der Waals surface area contributed by atoms with Crippen molar-refractivity contribution in [3.05, 3.63) is 36.0 Å². The fraction of sp³-hybridized carbons (Fsp3) is 0.458. The lowest BCUT2D eigenvalue weighted by molar-refractivity contribution is -0.142. The van der Waals surface area contributed by atoms with Crippen LogP contribution >= 0.6 is 0 Å². The highest BCUT2D eigenvalue weighted by Crippen LogP contribution is 2.19. The molecule has 2 aromatic rings. The number of amides is 3. The van der Waals surface area contributed by atoms with Gasteiger partial charge in [0.25, 0.3) is 0 Å². The Kier molecular flexibility index (Phi) is 10.9. The third-order valence-electron chi connectivity index (χ3n) is 5.75. The Morgan fingerprint density at radius 2 is 1.76 bits per heavy atom. The Morgan fingerprint density at radius 1 is 1.05 bits per heavy atom. The molecule has 13 nitrogen and oxygen atoms in total. The first-order valence-corrected chi connectivity index (χ1v) is 12.0. The number of para-hydroxylation sites is 1. The first-order valence-electron chi connectivity index (χ1n) is 12.0. The molecule has 1 aromatic carbocycles. The van der Waals surface area contributed by atoms with Gasteiger partial charge in [-0.05, 0) is 30.4 Å². The Morgan fingerprint density at radius 3 is 2.41 bits per heavy atom. The number of carbonyl (C=O) groups excluding carboxylic acids is 3. The van der Waals surface area contributed by atoms with Crippen LogP contribution < -0.4 is 33.2 Å². The number of carboxylic acids is 1. The van der Waals surface area contributed by atoms with Gasteiger partial charge in [0.15, 0.2) is 5.96 Å². The number of guanidine groups is 1. The number of aromatic amines is 1. The fourth-order valence-electron chi connectivity index (χ4n) is 3.60. The van der Waals surface area contributed by atoms with Gasteiger partial charge in [0.1, 0.15) is 12.1 Å². The summed E-state index contributed by atoms with van der Waals surface area (Å²) in [5.74, 6) is -3.27. The lowest BCUT2D eigenvalue weighted by Crippen LogP contribution is -2.54.